The van der Waals surface area contributed by atoms with E-state index in [1.807, 2.05) is 0 Å². The summed E-state index contributed by atoms with van der Waals surface area (Å²) >= 11 is 0. The van der Waals surface area contributed by atoms with Gasteiger partial charge in [0.15, 0.2) is 0 Å². The first-order valence-electron chi connectivity index (χ1n) is 7.64. The summed E-state index contributed by atoms with van der Waals surface area (Å²) in [5.41, 5.74) is -1.10. The molecule has 3 rings (SSSR count). The highest BCUT2D eigenvalue weighted by molar-refractivity contribution is 5.90. The molecule has 9 heteroatoms. The predicted molar refractivity (Wildman–Crippen MR) is 89.3 cm³/mol. The molecule has 3 aromatic rings. The number of benzene rings is 1. The minimum atomic E-state index is -2.74. The number of ether oxygens (including phenoxy) is 1. The largest absolute Gasteiger partial charge is 0.465 e. The zero-order chi connectivity index (χ0) is 19.6. The molecule has 0 bridgehead atoms. The van der Waals surface area contributed by atoms with E-state index in [4.69, 9.17) is 0 Å². The number of hydrogen-bond acceptors (Lipinski definition) is 5. The lowest BCUT2D eigenvalue weighted by Crippen LogP contribution is -2.28. The fourth-order valence-corrected chi connectivity index (χ4v) is 2.36. The van der Waals surface area contributed by atoms with E-state index >= 15 is 0 Å². The molecule has 0 aliphatic carbocycles. The average Bonchev–Trinajstić information content (AvgIpc) is 2.67. The van der Waals surface area contributed by atoms with Crippen LogP contribution in [0.5, 0.6) is 0 Å². The fourth-order valence-electron chi connectivity index (χ4n) is 2.36. The molecule has 0 aliphatic heterocycles. The number of methoxy groups -OCH3 is 1. The maximum absolute atomic E-state index is 13.5. The minimum absolute atomic E-state index is 0.0872. The van der Waals surface area contributed by atoms with E-state index in [9.17, 15) is 22.8 Å². The van der Waals surface area contributed by atoms with E-state index in [0.717, 1.165) is 30.1 Å². The Morgan fingerprint density at radius 3 is 2.56 bits per heavy atom. The Morgan fingerprint density at radius 1 is 1.19 bits per heavy atom. The third kappa shape index (κ3) is 3.71. The van der Waals surface area contributed by atoms with E-state index in [0.29, 0.717) is 0 Å². The van der Waals surface area contributed by atoms with Gasteiger partial charge in [-0.3, -0.25) is 9.78 Å². The zero-order valence-corrected chi connectivity index (χ0v) is 13.9. The molecule has 2 heterocycles. The van der Waals surface area contributed by atoms with Gasteiger partial charge >= 0.3 is 5.97 Å². The van der Waals surface area contributed by atoms with Crippen molar-refractivity contribution in [2.24, 2.45) is 0 Å². The molecule has 2 aromatic heterocycles. The van der Waals surface area contributed by atoms with Gasteiger partial charge in [0.1, 0.15) is 17.1 Å². The van der Waals surface area contributed by atoms with Crippen molar-refractivity contribution in [2.75, 3.05) is 7.11 Å². The summed E-state index contributed by atoms with van der Waals surface area (Å²) in [6.45, 7) is 0. The number of carbonyl (C=O) groups is 1. The summed E-state index contributed by atoms with van der Waals surface area (Å²) in [6, 6.07) is 8.67. The standard InChI is InChI=1S/C18H12F3N3O3/c1-27-18(26)13-8-15(10-5-6-14(16(20)21)22-9-10)23-24(17(13)25)12-4-2-3-11(19)7-12/h2-9,16H,1H3. The summed E-state index contributed by atoms with van der Waals surface area (Å²) in [5.74, 6) is -1.51. The van der Waals surface area contributed by atoms with Crippen LogP contribution >= 0.6 is 0 Å². The third-order valence-electron chi connectivity index (χ3n) is 3.68. The number of alkyl halides is 2. The van der Waals surface area contributed by atoms with Gasteiger partial charge in [0.25, 0.3) is 12.0 Å². The van der Waals surface area contributed by atoms with Crippen LogP contribution in [0.15, 0.2) is 53.5 Å². The Bertz CT molecular complexity index is 1050. The highest BCUT2D eigenvalue weighted by Crippen LogP contribution is 2.21. The second-order valence-electron chi connectivity index (χ2n) is 5.40. The molecule has 6 nitrogen and oxygen atoms in total. The molecule has 0 N–H and O–H groups in total. The van der Waals surface area contributed by atoms with Crippen molar-refractivity contribution < 1.29 is 22.7 Å². The van der Waals surface area contributed by atoms with Gasteiger partial charge in [-0.25, -0.2) is 18.0 Å². The first-order chi connectivity index (χ1) is 12.9. The van der Waals surface area contributed by atoms with Crippen LogP contribution in [0.3, 0.4) is 0 Å². The van der Waals surface area contributed by atoms with Crippen LogP contribution in [0, 0.1) is 5.82 Å². The zero-order valence-electron chi connectivity index (χ0n) is 13.9. The minimum Gasteiger partial charge on any atom is -0.465 e. The number of halogens is 3. The highest BCUT2D eigenvalue weighted by atomic mass is 19.3. The second kappa shape index (κ2) is 7.40. The van der Waals surface area contributed by atoms with Crippen molar-refractivity contribution in [3.8, 4) is 16.9 Å². The molecular formula is C18H12F3N3O3. The maximum atomic E-state index is 13.5. The van der Waals surface area contributed by atoms with Crippen molar-refractivity contribution in [2.45, 2.75) is 6.43 Å². The molecule has 0 amide bonds. The summed E-state index contributed by atoms with van der Waals surface area (Å²) in [7, 11) is 1.10. The van der Waals surface area contributed by atoms with Crippen molar-refractivity contribution in [3.63, 3.8) is 0 Å². The molecule has 0 saturated carbocycles. The summed E-state index contributed by atoms with van der Waals surface area (Å²) < 4.78 is 44.3. The Kier molecular flexibility index (Phi) is 5.02. The van der Waals surface area contributed by atoms with Gasteiger partial charge in [-0.2, -0.15) is 9.78 Å². The fraction of sp³-hybridized carbons (Fsp3) is 0.111. The maximum Gasteiger partial charge on any atom is 0.343 e. The number of rotatable bonds is 4. The lowest BCUT2D eigenvalue weighted by Gasteiger charge is -2.10. The van der Waals surface area contributed by atoms with Gasteiger partial charge in [-0.05, 0) is 36.4 Å². The van der Waals surface area contributed by atoms with Crippen LogP contribution < -0.4 is 5.56 Å². The van der Waals surface area contributed by atoms with Crippen LogP contribution in [-0.4, -0.2) is 27.8 Å². The first kappa shape index (κ1) is 18.3. The molecule has 1 aromatic carbocycles. The van der Waals surface area contributed by atoms with Crippen LogP contribution in [-0.2, 0) is 4.74 Å². The molecule has 27 heavy (non-hydrogen) atoms. The Labute approximate surface area is 150 Å². The molecule has 0 unspecified atom stereocenters. The highest BCUT2D eigenvalue weighted by Gasteiger charge is 2.18. The van der Waals surface area contributed by atoms with Crippen molar-refractivity contribution in [1.82, 2.24) is 14.8 Å². The van der Waals surface area contributed by atoms with Gasteiger partial charge in [0.2, 0.25) is 0 Å². The Balaban J connectivity index is 2.21. The number of esters is 1. The summed E-state index contributed by atoms with van der Waals surface area (Å²) in [5, 5.41) is 4.11. The summed E-state index contributed by atoms with van der Waals surface area (Å²) in [4.78, 5) is 28.2. The molecule has 138 valence electrons. The SMILES string of the molecule is COC(=O)c1cc(-c2ccc(C(F)F)nc2)nn(-c2cccc(F)c2)c1=O. The second-order valence-corrected chi connectivity index (χ2v) is 5.40. The van der Waals surface area contributed by atoms with Crippen LogP contribution in [0.2, 0.25) is 0 Å². The lowest BCUT2D eigenvalue weighted by molar-refractivity contribution is 0.0598. The quantitative estimate of drug-likeness (QED) is 0.655. The normalized spacial score (nSPS) is 10.9. The van der Waals surface area contributed by atoms with E-state index in [2.05, 4.69) is 14.8 Å². The molecule has 0 saturated heterocycles. The third-order valence-corrected chi connectivity index (χ3v) is 3.68. The van der Waals surface area contributed by atoms with E-state index in [1.165, 1.54) is 30.3 Å². The molecule has 0 aliphatic rings. The van der Waals surface area contributed by atoms with Gasteiger partial charge < -0.3 is 4.74 Å². The Morgan fingerprint density at radius 2 is 1.96 bits per heavy atom. The van der Waals surface area contributed by atoms with Crippen LogP contribution in [0.25, 0.3) is 16.9 Å². The number of hydrogen-bond donors (Lipinski definition) is 0. The number of pyridine rings is 1. The molecule has 0 atom stereocenters. The van der Waals surface area contributed by atoms with Gasteiger partial charge in [0.05, 0.1) is 18.5 Å². The number of nitrogens with zero attached hydrogens (tertiary/aromatic N) is 3. The number of aromatic nitrogens is 3. The number of carbonyl (C=O) groups excluding carboxylic acids is 1. The topological polar surface area (TPSA) is 74.1 Å². The van der Waals surface area contributed by atoms with Gasteiger partial charge in [0, 0.05) is 11.8 Å². The van der Waals surface area contributed by atoms with E-state index < -0.39 is 29.5 Å². The summed E-state index contributed by atoms with van der Waals surface area (Å²) in [6.07, 6.45) is -1.59. The average molecular weight is 375 g/mol. The lowest BCUT2D eigenvalue weighted by atomic mass is 10.1. The van der Waals surface area contributed by atoms with E-state index in [-0.39, 0.29) is 22.5 Å². The molecule has 0 radical (unpaired) electrons. The van der Waals surface area contributed by atoms with Gasteiger partial charge in [-0.1, -0.05) is 6.07 Å². The first-order valence-corrected chi connectivity index (χ1v) is 7.64. The smallest absolute Gasteiger partial charge is 0.343 e. The van der Waals surface area contributed by atoms with Crippen molar-refractivity contribution in [1.29, 1.82) is 0 Å². The molecule has 0 fully saturated rings. The molecular weight excluding hydrogens is 363 g/mol. The molecule has 0 spiro atoms. The van der Waals surface area contributed by atoms with Crippen molar-refractivity contribution in [3.05, 3.63) is 76.1 Å². The Hall–Kier alpha value is -3.49. The van der Waals surface area contributed by atoms with E-state index in [1.54, 1.807) is 0 Å². The van der Waals surface area contributed by atoms with Crippen molar-refractivity contribution >= 4 is 5.97 Å². The van der Waals surface area contributed by atoms with Gasteiger partial charge in [-0.15, -0.1) is 0 Å². The predicted octanol–water partition coefficient (Wildman–Crippen LogP) is 3.16. The van der Waals surface area contributed by atoms with Crippen LogP contribution in [0.1, 0.15) is 22.5 Å². The monoisotopic (exact) mass is 375 g/mol. The van der Waals surface area contributed by atoms with Crippen LogP contribution in [0.4, 0.5) is 13.2 Å².